The fourth-order valence-electron chi connectivity index (χ4n) is 1.77. The largest absolute Gasteiger partial charge is 0.479 e. The van der Waals surface area contributed by atoms with Crippen molar-refractivity contribution in [3.05, 3.63) is 28.2 Å². The molecule has 0 radical (unpaired) electrons. The molecular formula is C14H19Cl2NO4. The Morgan fingerprint density at radius 1 is 1.43 bits per heavy atom. The van der Waals surface area contributed by atoms with Crippen molar-refractivity contribution in [2.75, 3.05) is 27.3 Å². The highest BCUT2D eigenvalue weighted by Crippen LogP contribution is 2.28. The summed E-state index contributed by atoms with van der Waals surface area (Å²) in [6.07, 6.45) is -1.47. The number of rotatable bonds is 7. The molecule has 0 fully saturated rings. The standard InChI is InChI=1S/C14H19Cl2NO4/c1-9(14(19)17(2)7-11(18)8-20-3)21-13-5-4-10(15)6-12(13)16/h4-6,9,11,18H,7-8H2,1-3H3. The Bertz CT molecular complexity index is 484. The average molecular weight is 336 g/mol. The van der Waals surface area contributed by atoms with Gasteiger partial charge in [0.1, 0.15) is 5.75 Å². The number of carbonyl (C=O) groups is 1. The molecule has 0 heterocycles. The zero-order valence-electron chi connectivity index (χ0n) is 12.2. The lowest BCUT2D eigenvalue weighted by atomic mass is 10.3. The molecule has 0 spiro atoms. The molecule has 1 aromatic carbocycles. The van der Waals surface area contributed by atoms with E-state index < -0.39 is 12.2 Å². The zero-order chi connectivity index (χ0) is 16.0. The molecule has 1 aromatic rings. The number of carbonyl (C=O) groups excluding carboxylic acids is 1. The number of halogens is 2. The van der Waals surface area contributed by atoms with Gasteiger partial charge >= 0.3 is 0 Å². The van der Waals surface area contributed by atoms with Crippen LogP contribution in [-0.2, 0) is 9.53 Å². The van der Waals surface area contributed by atoms with Crippen LogP contribution in [0.4, 0.5) is 0 Å². The quantitative estimate of drug-likeness (QED) is 0.830. The van der Waals surface area contributed by atoms with Crippen molar-refractivity contribution in [3.63, 3.8) is 0 Å². The number of hydrogen-bond donors (Lipinski definition) is 1. The second kappa shape index (κ2) is 8.44. The maximum absolute atomic E-state index is 12.1. The molecule has 1 amide bonds. The molecule has 0 aliphatic heterocycles. The third kappa shape index (κ3) is 5.71. The third-order valence-electron chi connectivity index (χ3n) is 2.77. The number of amides is 1. The normalized spacial score (nSPS) is 13.6. The summed E-state index contributed by atoms with van der Waals surface area (Å²) in [6.45, 7) is 1.94. The van der Waals surface area contributed by atoms with E-state index in [0.717, 1.165) is 0 Å². The van der Waals surface area contributed by atoms with Crippen LogP contribution >= 0.6 is 23.2 Å². The van der Waals surface area contributed by atoms with Crippen LogP contribution in [0.5, 0.6) is 5.75 Å². The minimum absolute atomic E-state index is 0.161. The Hall–Kier alpha value is -1.01. The van der Waals surface area contributed by atoms with Gasteiger partial charge in [-0.25, -0.2) is 0 Å². The fourth-order valence-corrected chi connectivity index (χ4v) is 2.23. The molecule has 1 N–H and O–H groups in total. The van der Waals surface area contributed by atoms with E-state index in [1.165, 1.54) is 12.0 Å². The third-order valence-corrected chi connectivity index (χ3v) is 3.30. The van der Waals surface area contributed by atoms with E-state index in [1.807, 2.05) is 0 Å². The van der Waals surface area contributed by atoms with Crippen molar-refractivity contribution in [3.8, 4) is 5.75 Å². The highest BCUT2D eigenvalue weighted by Gasteiger charge is 2.22. The number of aliphatic hydroxyl groups excluding tert-OH is 1. The van der Waals surface area contributed by atoms with E-state index in [-0.39, 0.29) is 19.1 Å². The van der Waals surface area contributed by atoms with Crippen LogP contribution < -0.4 is 4.74 Å². The summed E-state index contributed by atoms with van der Waals surface area (Å²) in [6, 6.07) is 4.78. The van der Waals surface area contributed by atoms with Gasteiger partial charge in [0, 0.05) is 25.7 Å². The van der Waals surface area contributed by atoms with Crippen LogP contribution in [0.3, 0.4) is 0 Å². The van der Waals surface area contributed by atoms with Gasteiger partial charge in [-0.05, 0) is 25.1 Å². The molecule has 0 saturated heterocycles. The van der Waals surface area contributed by atoms with E-state index in [0.29, 0.717) is 15.8 Å². The maximum atomic E-state index is 12.1. The van der Waals surface area contributed by atoms with Crippen LogP contribution in [0.25, 0.3) is 0 Å². The zero-order valence-corrected chi connectivity index (χ0v) is 13.7. The van der Waals surface area contributed by atoms with Crippen molar-refractivity contribution in [2.45, 2.75) is 19.1 Å². The summed E-state index contributed by atoms with van der Waals surface area (Å²) >= 11 is 11.8. The minimum Gasteiger partial charge on any atom is -0.479 e. The summed E-state index contributed by atoms with van der Waals surface area (Å²) in [5.74, 6) is 0.115. The molecule has 0 aliphatic rings. The molecule has 0 aliphatic carbocycles. The maximum Gasteiger partial charge on any atom is 0.263 e. The van der Waals surface area contributed by atoms with E-state index in [1.54, 1.807) is 32.2 Å². The lowest BCUT2D eigenvalue weighted by molar-refractivity contribution is -0.138. The number of ether oxygens (including phenoxy) is 2. The van der Waals surface area contributed by atoms with Gasteiger partial charge in [-0.2, -0.15) is 0 Å². The smallest absolute Gasteiger partial charge is 0.263 e. The van der Waals surface area contributed by atoms with E-state index in [4.69, 9.17) is 32.7 Å². The monoisotopic (exact) mass is 335 g/mol. The Morgan fingerprint density at radius 2 is 2.10 bits per heavy atom. The van der Waals surface area contributed by atoms with Crippen molar-refractivity contribution in [2.24, 2.45) is 0 Å². The van der Waals surface area contributed by atoms with Gasteiger partial charge in [-0.15, -0.1) is 0 Å². The van der Waals surface area contributed by atoms with Gasteiger partial charge in [-0.3, -0.25) is 4.79 Å². The van der Waals surface area contributed by atoms with E-state index >= 15 is 0 Å². The highest BCUT2D eigenvalue weighted by atomic mass is 35.5. The van der Waals surface area contributed by atoms with E-state index in [2.05, 4.69) is 0 Å². The van der Waals surface area contributed by atoms with Crippen molar-refractivity contribution < 1.29 is 19.4 Å². The number of benzene rings is 1. The lowest BCUT2D eigenvalue weighted by Crippen LogP contribution is -2.42. The number of nitrogens with zero attached hydrogens (tertiary/aromatic N) is 1. The number of hydrogen-bond acceptors (Lipinski definition) is 4. The second-order valence-electron chi connectivity index (χ2n) is 4.66. The average Bonchev–Trinajstić information content (AvgIpc) is 2.41. The van der Waals surface area contributed by atoms with Gasteiger partial charge in [0.15, 0.2) is 6.10 Å². The molecule has 2 unspecified atom stereocenters. The SMILES string of the molecule is COCC(O)CN(C)C(=O)C(C)Oc1ccc(Cl)cc1Cl. The first-order valence-corrected chi connectivity index (χ1v) is 7.14. The molecule has 0 aromatic heterocycles. The van der Waals surface area contributed by atoms with Crippen molar-refractivity contribution >= 4 is 29.1 Å². The predicted octanol–water partition coefficient (Wildman–Crippen LogP) is 2.23. The first-order chi connectivity index (χ1) is 9.85. The Balaban J connectivity index is 2.61. The summed E-state index contributed by atoms with van der Waals surface area (Å²) < 4.78 is 10.3. The van der Waals surface area contributed by atoms with Gasteiger partial charge in [-0.1, -0.05) is 23.2 Å². The molecule has 5 nitrogen and oxygen atoms in total. The first kappa shape index (κ1) is 18.0. The Kier molecular flexibility index (Phi) is 7.25. The molecule has 1 rings (SSSR count). The number of methoxy groups -OCH3 is 1. The van der Waals surface area contributed by atoms with Gasteiger partial charge in [0.2, 0.25) is 0 Å². The lowest BCUT2D eigenvalue weighted by Gasteiger charge is -2.24. The van der Waals surface area contributed by atoms with Crippen molar-refractivity contribution in [1.82, 2.24) is 4.90 Å². The second-order valence-corrected chi connectivity index (χ2v) is 5.51. The van der Waals surface area contributed by atoms with Gasteiger partial charge < -0.3 is 19.5 Å². The van der Waals surface area contributed by atoms with E-state index in [9.17, 15) is 9.90 Å². The molecule has 0 saturated carbocycles. The molecular weight excluding hydrogens is 317 g/mol. The summed E-state index contributed by atoms with van der Waals surface area (Å²) in [5.41, 5.74) is 0. The Morgan fingerprint density at radius 3 is 2.67 bits per heavy atom. The topological polar surface area (TPSA) is 59.0 Å². The minimum atomic E-state index is -0.740. The fraction of sp³-hybridized carbons (Fsp3) is 0.500. The van der Waals surface area contributed by atoms with Crippen LogP contribution in [0.15, 0.2) is 18.2 Å². The molecule has 2 atom stereocenters. The Labute approximate surface area is 134 Å². The summed E-state index contributed by atoms with van der Waals surface area (Å²) in [7, 11) is 3.07. The van der Waals surface area contributed by atoms with Crippen LogP contribution in [-0.4, -0.2) is 55.4 Å². The predicted molar refractivity (Wildman–Crippen MR) is 82.1 cm³/mol. The van der Waals surface area contributed by atoms with Crippen LogP contribution in [0.2, 0.25) is 10.0 Å². The van der Waals surface area contributed by atoms with Crippen molar-refractivity contribution in [1.29, 1.82) is 0 Å². The van der Waals surface area contributed by atoms with Crippen LogP contribution in [0, 0.1) is 0 Å². The highest BCUT2D eigenvalue weighted by molar-refractivity contribution is 6.35. The number of likely N-dealkylation sites (N-methyl/N-ethyl adjacent to an activating group) is 1. The molecule has 7 heteroatoms. The number of aliphatic hydroxyl groups is 1. The summed E-state index contributed by atoms with van der Waals surface area (Å²) in [4.78, 5) is 13.5. The summed E-state index contributed by atoms with van der Waals surface area (Å²) in [5, 5.41) is 10.4. The van der Waals surface area contributed by atoms with Gasteiger partial charge in [0.25, 0.3) is 5.91 Å². The molecule has 21 heavy (non-hydrogen) atoms. The molecule has 118 valence electrons. The van der Waals surface area contributed by atoms with Crippen LogP contribution in [0.1, 0.15) is 6.92 Å². The first-order valence-electron chi connectivity index (χ1n) is 6.38. The van der Waals surface area contributed by atoms with Gasteiger partial charge in [0.05, 0.1) is 17.7 Å². The molecule has 0 bridgehead atoms.